The molecule has 0 atom stereocenters. The first-order chi connectivity index (χ1) is 7.93. The molecule has 7 heteroatoms. The van der Waals surface area contributed by atoms with E-state index in [9.17, 15) is 29.7 Å². The fraction of sp³-hybridized carbons (Fsp3) is 0.750. The molecular formula is C12H21O6Rh. The maximum absolute atomic E-state index is 9.59. The van der Waals surface area contributed by atoms with Crippen LogP contribution in [0.2, 0.25) is 0 Å². The third kappa shape index (κ3) is 31.6. The van der Waals surface area contributed by atoms with Gasteiger partial charge in [0.25, 0.3) is 0 Å². The van der Waals surface area contributed by atoms with Gasteiger partial charge in [0.2, 0.25) is 0 Å². The molecule has 19 heavy (non-hydrogen) atoms. The first-order valence-electron chi connectivity index (χ1n) is 5.55. The van der Waals surface area contributed by atoms with E-state index in [0.29, 0.717) is 0 Å². The first kappa shape index (κ1) is 26.6. The Kier molecular flexibility index (Phi) is 21.1. The Morgan fingerprint density at radius 2 is 0.632 bits per heavy atom. The summed E-state index contributed by atoms with van der Waals surface area (Å²) in [6.07, 6.45) is 0. The summed E-state index contributed by atoms with van der Waals surface area (Å²) in [6, 6.07) is 0. The maximum atomic E-state index is 9.59. The molecule has 0 aliphatic carbocycles. The second-order valence-electron chi connectivity index (χ2n) is 4.42. The topological polar surface area (TPSA) is 120 Å². The molecule has 0 spiro atoms. The van der Waals surface area contributed by atoms with E-state index < -0.39 is 17.9 Å². The van der Waals surface area contributed by atoms with Crippen molar-refractivity contribution < 1.29 is 49.2 Å². The molecule has 0 aromatic heterocycles. The second kappa shape index (κ2) is 15.1. The first-order valence-corrected chi connectivity index (χ1v) is 5.55. The molecule has 114 valence electrons. The summed E-state index contributed by atoms with van der Waals surface area (Å²) < 4.78 is 0. The smallest absolute Gasteiger partial charge is 0.550 e. The van der Waals surface area contributed by atoms with E-state index in [1.807, 2.05) is 0 Å². The van der Waals surface area contributed by atoms with Crippen molar-refractivity contribution in [1.82, 2.24) is 0 Å². The molecule has 6 nitrogen and oxygen atoms in total. The fourth-order valence-electron chi connectivity index (χ4n) is 0. The molecule has 0 saturated carbocycles. The van der Waals surface area contributed by atoms with Gasteiger partial charge in [0, 0.05) is 17.9 Å². The molecule has 0 fully saturated rings. The number of carbonyl (C=O) groups is 3. The number of rotatable bonds is 3. The predicted molar refractivity (Wildman–Crippen MR) is 59.5 cm³/mol. The molecule has 0 bridgehead atoms. The standard InChI is InChI=1S/3C4H8O2.Rh/c3*1-3(2)4(5)6;/h3*3H,1-2H3,(H,5,6);/q;;;+3/p-3. The van der Waals surface area contributed by atoms with Crippen LogP contribution in [0.25, 0.3) is 0 Å². The van der Waals surface area contributed by atoms with Crippen molar-refractivity contribution in [2.24, 2.45) is 17.8 Å². The molecule has 0 aliphatic rings. The van der Waals surface area contributed by atoms with Crippen molar-refractivity contribution in [3.05, 3.63) is 0 Å². The molecule has 0 amide bonds. The van der Waals surface area contributed by atoms with E-state index in [4.69, 9.17) is 0 Å². The molecule has 0 saturated heterocycles. The second-order valence-corrected chi connectivity index (χ2v) is 4.42. The summed E-state index contributed by atoms with van der Waals surface area (Å²) in [4.78, 5) is 28.8. The summed E-state index contributed by atoms with van der Waals surface area (Å²) in [6.45, 7) is 9.47. The number of carbonyl (C=O) groups excluding carboxylic acids is 3. The number of carboxylic acids is 3. The van der Waals surface area contributed by atoms with Gasteiger partial charge in [-0.05, 0) is 17.8 Å². The number of hydrogen-bond acceptors (Lipinski definition) is 6. The van der Waals surface area contributed by atoms with Crippen LogP contribution in [0.15, 0.2) is 0 Å². The minimum absolute atomic E-state index is 0. The van der Waals surface area contributed by atoms with Gasteiger partial charge < -0.3 is 29.7 Å². The van der Waals surface area contributed by atoms with Gasteiger partial charge in [-0.15, -0.1) is 0 Å². The minimum Gasteiger partial charge on any atom is -0.550 e. The Hall–Kier alpha value is -0.967. The average molecular weight is 364 g/mol. The van der Waals surface area contributed by atoms with Gasteiger partial charge in [-0.2, -0.15) is 0 Å². The zero-order valence-electron chi connectivity index (χ0n) is 12.0. The van der Waals surface area contributed by atoms with Gasteiger partial charge in [-0.3, -0.25) is 0 Å². The van der Waals surface area contributed by atoms with Crippen LogP contribution in [0.1, 0.15) is 41.5 Å². The van der Waals surface area contributed by atoms with Crippen LogP contribution >= 0.6 is 0 Å². The van der Waals surface area contributed by atoms with Crippen molar-refractivity contribution in [3.63, 3.8) is 0 Å². The fourth-order valence-corrected chi connectivity index (χ4v) is 0. The Bertz CT molecular complexity index is 218. The molecule has 0 unspecified atom stereocenters. The van der Waals surface area contributed by atoms with E-state index in [1.54, 1.807) is 41.5 Å². The third-order valence-electron chi connectivity index (χ3n) is 1.41. The molecule has 0 N–H and O–H groups in total. The van der Waals surface area contributed by atoms with Crippen molar-refractivity contribution in [2.75, 3.05) is 0 Å². The van der Waals surface area contributed by atoms with Crippen molar-refractivity contribution in [2.45, 2.75) is 41.5 Å². The monoisotopic (exact) mass is 364 g/mol. The van der Waals surface area contributed by atoms with Gasteiger partial charge in [0.15, 0.2) is 0 Å². The van der Waals surface area contributed by atoms with E-state index >= 15 is 0 Å². The van der Waals surface area contributed by atoms with Crippen molar-refractivity contribution >= 4 is 17.9 Å². The van der Waals surface area contributed by atoms with Crippen LogP contribution in [0, 0.1) is 17.8 Å². The summed E-state index contributed by atoms with van der Waals surface area (Å²) in [5.74, 6) is -4.00. The van der Waals surface area contributed by atoms with Crippen molar-refractivity contribution in [1.29, 1.82) is 0 Å². The van der Waals surface area contributed by atoms with Gasteiger partial charge in [0.1, 0.15) is 0 Å². The van der Waals surface area contributed by atoms with Gasteiger partial charge in [-0.1, -0.05) is 41.5 Å². The summed E-state index contributed by atoms with van der Waals surface area (Å²) in [5.41, 5.74) is 0. The maximum Gasteiger partial charge on any atom is 3.00 e. The largest absolute Gasteiger partial charge is 3.00 e. The molecule has 0 aromatic rings. The zero-order valence-corrected chi connectivity index (χ0v) is 13.7. The third-order valence-corrected chi connectivity index (χ3v) is 1.41. The minimum atomic E-state index is -0.991. The Balaban J connectivity index is -0.0000000865. The Morgan fingerprint density at radius 3 is 0.632 bits per heavy atom. The van der Waals surface area contributed by atoms with E-state index in [1.165, 1.54) is 0 Å². The van der Waals surface area contributed by atoms with Crippen molar-refractivity contribution in [3.8, 4) is 0 Å². The molecule has 0 aliphatic heterocycles. The van der Waals surface area contributed by atoms with Crippen LogP contribution < -0.4 is 15.3 Å². The number of hydrogen-bond donors (Lipinski definition) is 0. The van der Waals surface area contributed by atoms with E-state index in [2.05, 4.69) is 0 Å². The molecule has 0 rings (SSSR count). The van der Waals surface area contributed by atoms with Crippen LogP contribution in [-0.4, -0.2) is 17.9 Å². The molecule has 0 aromatic carbocycles. The molecule has 0 heterocycles. The van der Waals surface area contributed by atoms with Crippen LogP contribution in [-0.2, 0) is 33.9 Å². The Labute approximate surface area is 127 Å². The van der Waals surface area contributed by atoms with Crippen LogP contribution in [0.4, 0.5) is 0 Å². The Morgan fingerprint density at radius 1 is 0.579 bits per heavy atom. The quantitative estimate of drug-likeness (QED) is 0.544. The molecule has 0 radical (unpaired) electrons. The summed E-state index contributed by atoms with van der Waals surface area (Å²) >= 11 is 0. The van der Waals surface area contributed by atoms with E-state index in [-0.39, 0.29) is 37.2 Å². The predicted octanol–water partition coefficient (Wildman–Crippen LogP) is -1.83. The average Bonchev–Trinajstić information content (AvgIpc) is 2.18. The summed E-state index contributed by atoms with van der Waals surface area (Å²) in [5, 5.41) is 28.8. The normalized spacial score (nSPS) is 8.68. The molecular weight excluding hydrogens is 343 g/mol. The van der Waals surface area contributed by atoms with Gasteiger partial charge >= 0.3 is 19.5 Å². The van der Waals surface area contributed by atoms with Crippen LogP contribution in [0.5, 0.6) is 0 Å². The zero-order chi connectivity index (χ0) is 15.5. The van der Waals surface area contributed by atoms with Crippen LogP contribution in [0.3, 0.4) is 0 Å². The SMILES string of the molecule is CC(C)C(=O)[O-].CC(C)C(=O)[O-].CC(C)C(=O)[O-].[Rh+3]. The number of carboxylic acid groups (broad SMARTS) is 3. The summed E-state index contributed by atoms with van der Waals surface area (Å²) in [7, 11) is 0. The van der Waals surface area contributed by atoms with E-state index in [0.717, 1.165) is 0 Å². The van der Waals surface area contributed by atoms with Gasteiger partial charge in [-0.25, -0.2) is 0 Å². The van der Waals surface area contributed by atoms with Gasteiger partial charge in [0.05, 0.1) is 0 Å². The number of aliphatic carboxylic acids is 3.